The van der Waals surface area contributed by atoms with Crippen molar-refractivity contribution in [3.8, 4) is 5.75 Å². The van der Waals surface area contributed by atoms with Gasteiger partial charge in [-0.15, -0.1) is 0 Å². The summed E-state index contributed by atoms with van der Waals surface area (Å²) in [5.74, 6) is 0.138. The number of halogens is 2. The number of hydrogen-bond acceptors (Lipinski definition) is 3. The molecule has 5 nitrogen and oxygen atoms in total. The van der Waals surface area contributed by atoms with Gasteiger partial charge in [0, 0.05) is 24.0 Å². The highest BCUT2D eigenvalue weighted by molar-refractivity contribution is 9.10. The molecule has 4 aromatic carbocycles. The Labute approximate surface area is 255 Å². The number of hydrogen-bond donors (Lipinski definition) is 1. The Morgan fingerprint density at radius 3 is 2.39 bits per heavy atom. The second-order valence-electron chi connectivity index (χ2n) is 10.5. The molecular weight excluding hydrogens is 600 g/mol. The molecule has 1 atom stereocenters. The molecule has 1 aliphatic rings. The van der Waals surface area contributed by atoms with E-state index in [1.165, 1.54) is 6.42 Å². The fourth-order valence-electron chi connectivity index (χ4n) is 5.46. The molecule has 0 aliphatic heterocycles. The molecule has 0 bridgehead atoms. The van der Waals surface area contributed by atoms with Crippen molar-refractivity contribution in [1.82, 2.24) is 10.2 Å². The maximum absolute atomic E-state index is 14.0. The maximum atomic E-state index is 14.0. The van der Waals surface area contributed by atoms with Crippen LogP contribution in [-0.2, 0) is 22.6 Å². The maximum Gasteiger partial charge on any atom is 0.261 e. The third-order valence-corrected chi connectivity index (χ3v) is 8.89. The van der Waals surface area contributed by atoms with E-state index in [2.05, 4.69) is 21.2 Å². The van der Waals surface area contributed by atoms with Crippen molar-refractivity contribution in [3.05, 3.63) is 112 Å². The normalized spacial score (nSPS) is 14.4. The topological polar surface area (TPSA) is 58.6 Å². The van der Waals surface area contributed by atoms with Gasteiger partial charge in [0.1, 0.15) is 11.8 Å². The molecule has 0 aromatic heterocycles. The zero-order chi connectivity index (χ0) is 28.6. The summed E-state index contributed by atoms with van der Waals surface area (Å²) in [6.07, 6.45) is 5.70. The average Bonchev–Trinajstić information content (AvgIpc) is 3.00. The number of carbonyl (C=O) groups excluding carboxylic acids is 2. The molecule has 2 amide bonds. The predicted octanol–water partition coefficient (Wildman–Crippen LogP) is 7.72. The van der Waals surface area contributed by atoms with E-state index < -0.39 is 6.04 Å². The predicted molar refractivity (Wildman–Crippen MR) is 168 cm³/mol. The molecular formula is C34H34BrClN2O3. The quantitative estimate of drug-likeness (QED) is 0.195. The van der Waals surface area contributed by atoms with Crippen LogP contribution in [0.2, 0.25) is 5.02 Å². The SMILES string of the molecule is O=C(NC1CCCCC1)[C@H](Cc1ccccc1)N(Cc1ccccc1Cl)C(=O)COc1ccc2ccccc2c1Br. The zero-order valence-corrected chi connectivity index (χ0v) is 25.2. The third-order valence-electron chi connectivity index (χ3n) is 7.70. The number of carbonyl (C=O) groups is 2. The van der Waals surface area contributed by atoms with E-state index in [-0.39, 0.29) is 31.0 Å². The van der Waals surface area contributed by atoms with Gasteiger partial charge in [0.05, 0.1) is 4.47 Å². The van der Waals surface area contributed by atoms with E-state index >= 15 is 0 Å². The fourth-order valence-corrected chi connectivity index (χ4v) is 6.26. The van der Waals surface area contributed by atoms with E-state index in [1.54, 1.807) is 11.0 Å². The van der Waals surface area contributed by atoms with E-state index in [0.29, 0.717) is 17.2 Å². The average molecular weight is 634 g/mol. The first-order chi connectivity index (χ1) is 20.0. The lowest BCUT2D eigenvalue weighted by Crippen LogP contribution is -2.53. The fraction of sp³-hybridized carbons (Fsp3) is 0.294. The van der Waals surface area contributed by atoms with Crippen molar-refractivity contribution < 1.29 is 14.3 Å². The molecule has 0 saturated heterocycles. The molecule has 1 fully saturated rings. The van der Waals surface area contributed by atoms with Gasteiger partial charge < -0.3 is 15.0 Å². The minimum atomic E-state index is -0.730. The van der Waals surface area contributed by atoms with Crippen molar-refractivity contribution in [2.24, 2.45) is 0 Å². The third kappa shape index (κ3) is 7.49. The van der Waals surface area contributed by atoms with Crippen LogP contribution in [0.15, 0.2) is 95.5 Å². The molecule has 7 heteroatoms. The van der Waals surface area contributed by atoms with Gasteiger partial charge in [-0.1, -0.05) is 110 Å². The number of amides is 2. The first-order valence-electron chi connectivity index (χ1n) is 14.2. The van der Waals surface area contributed by atoms with Gasteiger partial charge in [-0.3, -0.25) is 9.59 Å². The largest absolute Gasteiger partial charge is 0.483 e. The standard InChI is InChI=1S/C34H34BrClN2O3/c35-33-28-17-9-7-13-25(28)19-20-31(33)41-23-32(39)38(22-26-14-8-10-18-29(26)36)30(21-24-11-3-1-4-12-24)34(40)37-27-15-5-2-6-16-27/h1,3-4,7-14,17-20,27,30H,2,5-6,15-16,21-23H2,(H,37,40)/t30-/m0/s1. The summed E-state index contributed by atoms with van der Waals surface area (Å²) in [6, 6.07) is 28.5. The second kappa shape index (κ2) is 14.0. The highest BCUT2D eigenvalue weighted by Gasteiger charge is 2.32. The molecule has 41 heavy (non-hydrogen) atoms. The molecule has 1 aliphatic carbocycles. The molecule has 0 spiro atoms. The summed E-state index contributed by atoms with van der Waals surface area (Å²) in [6.45, 7) is -0.0280. The number of rotatable bonds is 10. The molecule has 0 heterocycles. The Balaban J connectivity index is 1.44. The summed E-state index contributed by atoms with van der Waals surface area (Å²) in [5, 5.41) is 5.88. The van der Waals surface area contributed by atoms with Crippen LogP contribution in [0.1, 0.15) is 43.2 Å². The van der Waals surface area contributed by atoms with E-state index in [4.69, 9.17) is 16.3 Å². The smallest absolute Gasteiger partial charge is 0.261 e. The van der Waals surface area contributed by atoms with E-state index in [9.17, 15) is 9.59 Å². The molecule has 1 saturated carbocycles. The van der Waals surface area contributed by atoms with Crippen molar-refractivity contribution in [3.63, 3.8) is 0 Å². The molecule has 212 valence electrons. The number of fused-ring (bicyclic) bond motifs is 1. The van der Waals surface area contributed by atoms with Gasteiger partial charge in [-0.05, 0) is 62.8 Å². The van der Waals surface area contributed by atoms with Crippen LogP contribution < -0.4 is 10.1 Å². The van der Waals surface area contributed by atoms with E-state index in [0.717, 1.165) is 52.1 Å². The number of benzene rings is 4. The lowest BCUT2D eigenvalue weighted by Gasteiger charge is -2.33. The molecule has 0 unspecified atom stereocenters. The lowest BCUT2D eigenvalue weighted by molar-refractivity contribution is -0.143. The minimum Gasteiger partial charge on any atom is -0.483 e. The van der Waals surface area contributed by atoms with Gasteiger partial charge in [-0.25, -0.2) is 0 Å². The molecule has 0 radical (unpaired) electrons. The first-order valence-corrected chi connectivity index (χ1v) is 15.3. The van der Waals surface area contributed by atoms with Gasteiger partial charge in [0.15, 0.2) is 6.61 Å². The zero-order valence-electron chi connectivity index (χ0n) is 22.9. The van der Waals surface area contributed by atoms with Crippen molar-refractivity contribution in [2.75, 3.05) is 6.61 Å². The first kappa shape index (κ1) is 29.2. The molecule has 4 aromatic rings. The monoisotopic (exact) mass is 632 g/mol. The highest BCUT2D eigenvalue weighted by Crippen LogP contribution is 2.33. The van der Waals surface area contributed by atoms with Gasteiger partial charge in [-0.2, -0.15) is 0 Å². The minimum absolute atomic E-state index is 0.122. The van der Waals surface area contributed by atoms with Crippen LogP contribution in [0.3, 0.4) is 0 Å². The van der Waals surface area contributed by atoms with Crippen molar-refractivity contribution >= 4 is 50.1 Å². The van der Waals surface area contributed by atoms with E-state index in [1.807, 2.05) is 84.9 Å². The highest BCUT2D eigenvalue weighted by atomic mass is 79.9. The van der Waals surface area contributed by atoms with Crippen LogP contribution in [0.4, 0.5) is 0 Å². The Morgan fingerprint density at radius 1 is 0.902 bits per heavy atom. The van der Waals surface area contributed by atoms with Crippen LogP contribution in [0, 0.1) is 0 Å². The van der Waals surface area contributed by atoms with Gasteiger partial charge in [0.25, 0.3) is 5.91 Å². The molecule has 1 N–H and O–H groups in total. The number of nitrogens with zero attached hydrogens (tertiary/aromatic N) is 1. The second-order valence-corrected chi connectivity index (χ2v) is 11.7. The van der Waals surface area contributed by atoms with Crippen molar-refractivity contribution in [1.29, 1.82) is 0 Å². The summed E-state index contributed by atoms with van der Waals surface area (Å²) < 4.78 is 6.87. The number of ether oxygens (including phenoxy) is 1. The summed E-state index contributed by atoms with van der Waals surface area (Å²) in [4.78, 5) is 29.5. The Hall–Kier alpha value is -3.35. The van der Waals surface area contributed by atoms with Crippen LogP contribution >= 0.6 is 27.5 Å². The summed E-state index contributed by atoms with van der Waals surface area (Å²) >= 11 is 10.2. The van der Waals surface area contributed by atoms with Crippen LogP contribution in [-0.4, -0.2) is 35.4 Å². The summed E-state index contributed by atoms with van der Waals surface area (Å²) in [5.41, 5.74) is 1.75. The summed E-state index contributed by atoms with van der Waals surface area (Å²) in [7, 11) is 0. The number of nitrogens with one attached hydrogen (secondary N) is 1. The van der Waals surface area contributed by atoms with Gasteiger partial charge in [0.2, 0.25) is 5.91 Å². The Kier molecular flexibility index (Phi) is 9.97. The lowest BCUT2D eigenvalue weighted by atomic mass is 9.94. The van der Waals surface area contributed by atoms with Crippen molar-refractivity contribution in [2.45, 2.75) is 57.2 Å². The van der Waals surface area contributed by atoms with Gasteiger partial charge >= 0.3 is 0 Å². The Bertz CT molecular complexity index is 1490. The Morgan fingerprint density at radius 2 is 1.61 bits per heavy atom. The van der Waals surface area contributed by atoms with Crippen LogP contribution in [0.25, 0.3) is 10.8 Å². The molecule has 5 rings (SSSR count). The van der Waals surface area contributed by atoms with Crippen LogP contribution in [0.5, 0.6) is 5.75 Å².